The van der Waals surface area contributed by atoms with Crippen LogP contribution in [0.1, 0.15) is 60.7 Å². The normalized spacial score (nSPS) is 16.5. The highest BCUT2D eigenvalue weighted by Gasteiger charge is 2.34. The van der Waals surface area contributed by atoms with Crippen LogP contribution in [0.2, 0.25) is 0 Å². The van der Waals surface area contributed by atoms with E-state index in [1.54, 1.807) is 12.1 Å². The summed E-state index contributed by atoms with van der Waals surface area (Å²) in [6.07, 6.45) is 4.13. The van der Waals surface area contributed by atoms with E-state index in [9.17, 15) is 9.59 Å². The van der Waals surface area contributed by atoms with E-state index in [-0.39, 0.29) is 23.5 Å². The zero-order chi connectivity index (χ0) is 26.6. The molecule has 1 saturated heterocycles. The molecule has 2 aliphatic rings. The number of carbonyl (C=O) groups excluding carboxylic acids is 2. The molecule has 0 saturated carbocycles. The van der Waals surface area contributed by atoms with Gasteiger partial charge in [-0.2, -0.15) is 0 Å². The molecule has 0 radical (unpaired) electrons. The van der Waals surface area contributed by atoms with Gasteiger partial charge in [0.25, 0.3) is 5.91 Å². The molecule has 1 unspecified atom stereocenters. The van der Waals surface area contributed by atoms with Gasteiger partial charge in [-0.25, -0.2) is 4.98 Å². The molecule has 0 spiro atoms. The van der Waals surface area contributed by atoms with Crippen LogP contribution in [0, 0.1) is 0 Å². The van der Waals surface area contributed by atoms with Crippen LogP contribution in [0.15, 0.2) is 53.1 Å². The largest absolute Gasteiger partial charge is 0.459 e. The fourth-order valence-corrected chi connectivity index (χ4v) is 5.38. The number of amides is 2. The van der Waals surface area contributed by atoms with Crippen molar-refractivity contribution in [1.82, 2.24) is 15.2 Å². The van der Waals surface area contributed by atoms with E-state index in [0.29, 0.717) is 18.2 Å². The topological polar surface area (TPSA) is 90.7 Å². The van der Waals surface area contributed by atoms with Gasteiger partial charge in [0.2, 0.25) is 5.91 Å². The lowest BCUT2D eigenvalue weighted by Crippen LogP contribution is -2.50. The summed E-state index contributed by atoms with van der Waals surface area (Å²) in [6.45, 7) is 10.2. The maximum absolute atomic E-state index is 13.3. The number of nitrogens with one attached hydrogen (secondary N) is 2. The quantitative estimate of drug-likeness (QED) is 0.487. The fourth-order valence-electron chi connectivity index (χ4n) is 4.32. The van der Waals surface area contributed by atoms with Crippen molar-refractivity contribution in [3.8, 4) is 0 Å². The number of nitrogens with zero attached hydrogens (tertiary/aromatic N) is 3. The Bertz CT molecular complexity index is 1090. The highest BCUT2D eigenvalue weighted by atomic mass is 32.1. The van der Waals surface area contributed by atoms with Gasteiger partial charge in [0, 0.05) is 36.7 Å². The summed E-state index contributed by atoms with van der Waals surface area (Å²) in [5.74, 6) is -0.145. The molecule has 1 aromatic carbocycles. The van der Waals surface area contributed by atoms with Gasteiger partial charge in [-0.15, -0.1) is 11.3 Å². The van der Waals surface area contributed by atoms with E-state index in [4.69, 9.17) is 4.42 Å². The number of para-hydroxylation sites is 1. The van der Waals surface area contributed by atoms with Gasteiger partial charge in [-0.1, -0.05) is 39.0 Å². The Balaban J connectivity index is 0.000000580. The van der Waals surface area contributed by atoms with E-state index in [2.05, 4.69) is 39.6 Å². The molecule has 3 aromatic rings. The summed E-state index contributed by atoms with van der Waals surface area (Å²) in [5, 5.41) is 6.27. The number of anilines is 2. The molecule has 1 fully saturated rings. The first-order valence-electron chi connectivity index (χ1n) is 13.2. The van der Waals surface area contributed by atoms with Gasteiger partial charge in [0.1, 0.15) is 0 Å². The first-order chi connectivity index (χ1) is 18.1. The third-order valence-corrected chi connectivity index (χ3v) is 7.33. The van der Waals surface area contributed by atoms with Crippen molar-refractivity contribution in [1.29, 1.82) is 0 Å². The summed E-state index contributed by atoms with van der Waals surface area (Å²) in [7, 11) is 1.93. The molecule has 37 heavy (non-hydrogen) atoms. The second kappa shape index (κ2) is 14.5. The summed E-state index contributed by atoms with van der Waals surface area (Å²) in [4.78, 5) is 35.7. The minimum absolute atomic E-state index is 0.155. The molecular formula is C28H39N5O3S. The van der Waals surface area contributed by atoms with Crippen LogP contribution >= 0.6 is 11.3 Å². The molecule has 200 valence electrons. The highest BCUT2D eigenvalue weighted by molar-refractivity contribution is 7.15. The van der Waals surface area contributed by atoms with Crippen molar-refractivity contribution < 1.29 is 14.0 Å². The van der Waals surface area contributed by atoms with Crippen LogP contribution in [-0.4, -0.2) is 61.5 Å². The zero-order valence-electron chi connectivity index (χ0n) is 22.3. The van der Waals surface area contributed by atoms with E-state index >= 15 is 0 Å². The number of benzene rings is 1. The number of piperazine rings is 1. The van der Waals surface area contributed by atoms with Crippen LogP contribution in [0.3, 0.4) is 0 Å². The third-order valence-electron chi connectivity index (χ3n) is 6.28. The van der Waals surface area contributed by atoms with E-state index < -0.39 is 0 Å². The van der Waals surface area contributed by atoms with E-state index in [1.165, 1.54) is 23.3 Å². The van der Waals surface area contributed by atoms with Gasteiger partial charge in [0.15, 0.2) is 10.9 Å². The molecule has 2 aromatic heterocycles. The van der Waals surface area contributed by atoms with Crippen molar-refractivity contribution in [3.05, 3.63) is 65.1 Å². The molecule has 1 atom stereocenters. The lowest BCUT2D eigenvalue weighted by Gasteiger charge is -2.38. The number of furan rings is 1. The lowest BCUT2D eigenvalue weighted by molar-refractivity contribution is -0.133. The maximum Gasteiger partial charge on any atom is 0.293 e. The van der Waals surface area contributed by atoms with Crippen molar-refractivity contribution >= 4 is 34.0 Å². The predicted octanol–water partition coefficient (Wildman–Crippen LogP) is 5.01. The summed E-state index contributed by atoms with van der Waals surface area (Å²) in [5.41, 5.74) is 2.03. The molecule has 5 rings (SSSR count). The smallest absolute Gasteiger partial charge is 0.293 e. The van der Waals surface area contributed by atoms with Gasteiger partial charge in [-0.3, -0.25) is 14.9 Å². The maximum atomic E-state index is 13.3. The molecule has 9 heteroatoms. The standard InChI is InChI=1S/C23H24N4O3S.C3H9N.C2H6/c28-21(18-9-5-15-30-18)25-23-24-20-17(8-4-10-19(20)31-23)22(29)27-13-11-26(12-14-27)16-6-2-1-3-7-16;1-3-4-2;1-2/h1-3,5-7,9,15,17H,4,8,10-14H2,(H,24,25,28);4H,3H2,1-2H3;1-2H3. The molecule has 3 heterocycles. The number of thiazole rings is 1. The summed E-state index contributed by atoms with van der Waals surface area (Å²) < 4.78 is 5.15. The SMILES string of the molecule is CC.CCNC.O=C(Nc1nc2c(s1)CCCC2C(=O)N1CCN(c2ccccc2)CC1)c1ccco1. The van der Waals surface area contributed by atoms with E-state index in [0.717, 1.165) is 49.5 Å². The van der Waals surface area contributed by atoms with Gasteiger partial charge in [-0.05, 0) is 57.1 Å². The Kier molecular flexibility index (Phi) is 11.2. The predicted molar refractivity (Wildman–Crippen MR) is 151 cm³/mol. The van der Waals surface area contributed by atoms with Gasteiger partial charge < -0.3 is 19.5 Å². The third kappa shape index (κ3) is 7.42. The van der Waals surface area contributed by atoms with Crippen LogP contribution < -0.4 is 15.5 Å². The molecular weight excluding hydrogens is 486 g/mol. The highest BCUT2D eigenvalue weighted by Crippen LogP contribution is 2.38. The van der Waals surface area contributed by atoms with Crippen molar-refractivity contribution in [2.45, 2.75) is 46.0 Å². The minimum Gasteiger partial charge on any atom is -0.459 e. The van der Waals surface area contributed by atoms with E-state index in [1.807, 2.05) is 44.0 Å². The second-order valence-corrected chi connectivity index (χ2v) is 9.64. The molecule has 1 aliphatic heterocycles. The number of hydrogen-bond acceptors (Lipinski definition) is 7. The van der Waals surface area contributed by atoms with Crippen LogP contribution in [0.25, 0.3) is 0 Å². The first-order valence-corrected chi connectivity index (χ1v) is 14.0. The molecule has 1 aliphatic carbocycles. The number of carbonyl (C=O) groups is 2. The number of rotatable bonds is 5. The van der Waals surface area contributed by atoms with Crippen molar-refractivity contribution in [3.63, 3.8) is 0 Å². The Morgan fingerprint density at radius 3 is 2.41 bits per heavy atom. The molecule has 8 nitrogen and oxygen atoms in total. The Hall–Kier alpha value is -3.17. The Morgan fingerprint density at radius 2 is 1.78 bits per heavy atom. The lowest BCUT2D eigenvalue weighted by atomic mass is 9.89. The average Bonchev–Trinajstić information content (AvgIpc) is 3.65. The first kappa shape index (κ1) is 28.4. The van der Waals surface area contributed by atoms with Gasteiger partial charge in [0.05, 0.1) is 17.9 Å². The zero-order valence-corrected chi connectivity index (χ0v) is 23.1. The monoisotopic (exact) mass is 525 g/mol. The van der Waals surface area contributed by atoms with Crippen molar-refractivity contribution in [2.75, 3.05) is 50.0 Å². The number of aromatic nitrogens is 1. The number of aryl methyl sites for hydroxylation is 1. The summed E-state index contributed by atoms with van der Waals surface area (Å²) >= 11 is 1.46. The average molecular weight is 526 g/mol. The molecule has 0 bridgehead atoms. The Labute approximate surface area is 224 Å². The van der Waals surface area contributed by atoms with Crippen LogP contribution in [0.5, 0.6) is 0 Å². The van der Waals surface area contributed by atoms with Crippen LogP contribution in [-0.2, 0) is 11.2 Å². The Morgan fingerprint density at radius 1 is 1.08 bits per heavy atom. The minimum atomic E-state index is -0.323. The molecule has 2 N–H and O–H groups in total. The fraction of sp³-hybridized carbons (Fsp3) is 0.464. The molecule has 2 amide bonds. The number of fused-ring (bicyclic) bond motifs is 1. The number of hydrogen-bond donors (Lipinski definition) is 2. The van der Waals surface area contributed by atoms with Gasteiger partial charge >= 0.3 is 0 Å². The van der Waals surface area contributed by atoms with Crippen molar-refractivity contribution in [2.24, 2.45) is 0 Å². The second-order valence-electron chi connectivity index (χ2n) is 8.56. The summed E-state index contributed by atoms with van der Waals surface area (Å²) in [6, 6.07) is 13.6. The van der Waals surface area contributed by atoms with Crippen LogP contribution in [0.4, 0.5) is 10.8 Å².